The Hall–Kier alpha value is -1.44. The molecule has 0 amide bonds. The van der Waals surface area contributed by atoms with Crippen molar-refractivity contribution in [3.05, 3.63) is 27.7 Å². The molecule has 152 valence electrons. The van der Waals surface area contributed by atoms with Gasteiger partial charge in [0, 0.05) is 23.8 Å². The van der Waals surface area contributed by atoms with Crippen molar-refractivity contribution in [1.82, 2.24) is 19.7 Å². The van der Waals surface area contributed by atoms with Crippen LogP contribution in [0.2, 0.25) is 0 Å². The van der Waals surface area contributed by atoms with Crippen molar-refractivity contribution in [2.45, 2.75) is 94.2 Å². The molecular formula is C20H25F3N4S. The number of alkyl halides is 3. The minimum absolute atomic E-state index is 0.0519. The summed E-state index contributed by atoms with van der Waals surface area (Å²) in [6, 6.07) is 0. The first-order valence-corrected chi connectivity index (χ1v) is 11.2. The molecule has 0 radical (unpaired) electrons. The normalized spacial score (nSPS) is 30.7. The molecule has 0 N–H and O–H groups in total. The monoisotopic (exact) mass is 410 g/mol. The van der Waals surface area contributed by atoms with Crippen LogP contribution in [0.5, 0.6) is 0 Å². The molecule has 0 unspecified atom stereocenters. The predicted octanol–water partition coefficient (Wildman–Crippen LogP) is 5.41. The van der Waals surface area contributed by atoms with Crippen LogP contribution in [-0.2, 0) is 30.0 Å². The lowest BCUT2D eigenvalue weighted by Crippen LogP contribution is -2.47. The lowest BCUT2D eigenvalue weighted by Gasteiger charge is -2.52. The third kappa shape index (κ3) is 2.90. The van der Waals surface area contributed by atoms with Gasteiger partial charge in [0.2, 0.25) is 0 Å². The topological polar surface area (TPSA) is 43.6 Å². The summed E-state index contributed by atoms with van der Waals surface area (Å²) in [5.41, 5.74) is -0.120. The van der Waals surface area contributed by atoms with Crippen LogP contribution in [0.25, 0.3) is 0 Å². The highest BCUT2D eigenvalue weighted by Crippen LogP contribution is 2.59. The van der Waals surface area contributed by atoms with E-state index < -0.39 is 11.1 Å². The molecule has 3 saturated carbocycles. The summed E-state index contributed by atoms with van der Waals surface area (Å²) in [6.07, 6.45) is 8.26. The molecule has 3 heterocycles. The summed E-state index contributed by atoms with van der Waals surface area (Å²) in [6.45, 7) is 1.01. The molecule has 4 aliphatic rings. The number of aromatic nitrogens is 4. The number of hydrogen-bond acceptors (Lipinski definition) is 4. The lowest BCUT2D eigenvalue weighted by atomic mass is 9.53. The van der Waals surface area contributed by atoms with Crippen molar-refractivity contribution in [3.8, 4) is 0 Å². The van der Waals surface area contributed by atoms with Gasteiger partial charge in [-0.15, -0.1) is 21.5 Å². The van der Waals surface area contributed by atoms with Crippen LogP contribution in [0.15, 0.2) is 6.20 Å². The van der Waals surface area contributed by atoms with Crippen molar-refractivity contribution in [2.24, 2.45) is 0 Å². The molecule has 3 fully saturated rings. The van der Waals surface area contributed by atoms with E-state index in [0.29, 0.717) is 5.01 Å². The zero-order valence-corrected chi connectivity index (χ0v) is 16.7. The zero-order chi connectivity index (χ0) is 19.4. The average molecular weight is 411 g/mol. The van der Waals surface area contributed by atoms with Crippen LogP contribution in [-0.4, -0.2) is 19.7 Å². The van der Waals surface area contributed by atoms with Gasteiger partial charge in [-0.3, -0.25) is 0 Å². The van der Waals surface area contributed by atoms with E-state index in [-0.39, 0.29) is 10.8 Å². The molecule has 0 atom stereocenters. The van der Waals surface area contributed by atoms with Crippen molar-refractivity contribution < 1.29 is 13.2 Å². The van der Waals surface area contributed by atoms with Gasteiger partial charge >= 0.3 is 6.18 Å². The Bertz CT molecular complexity index is 845. The Balaban J connectivity index is 1.40. The lowest BCUT2D eigenvalue weighted by molar-refractivity contribution is -0.134. The van der Waals surface area contributed by atoms with Crippen LogP contribution in [0.1, 0.15) is 85.7 Å². The zero-order valence-electron chi connectivity index (χ0n) is 15.9. The first-order chi connectivity index (χ1) is 13.4. The van der Waals surface area contributed by atoms with Crippen molar-refractivity contribution >= 4 is 11.3 Å². The highest BCUT2D eigenvalue weighted by Gasteiger charge is 2.54. The molecule has 2 aromatic heterocycles. The Kier molecular flexibility index (Phi) is 4.34. The van der Waals surface area contributed by atoms with E-state index in [1.54, 1.807) is 0 Å². The van der Waals surface area contributed by atoms with Crippen LogP contribution in [0, 0.1) is 0 Å². The molecule has 0 aromatic carbocycles. The third-order valence-corrected chi connectivity index (χ3v) is 8.61. The Morgan fingerprint density at radius 1 is 0.893 bits per heavy atom. The number of hydrogen-bond donors (Lipinski definition) is 0. The Morgan fingerprint density at radius 2 is 1.57 bits per heavy atom. The van der Waals surface area contributed by atoms with Gasteiger partial charge in [0.25, 0.3) is 0 Å². The minimum Gasteiger partial charge on any atom is -0.315 e. The van der Waals surface area contributed by atoms with E-state index in [0.717, 1.165) is 80.7 Å². The highest BCUT2D eigenvalue weighted by molar-refractivity contribution is 7.11. The number of rotatable bonds is 2. The number of halogens is 3. The second kappa shape index (κ2) is 6.54. The quantitative estimate of drug-likeness (QED) is 0.665. The molecule has 4 nitrogen and oxygen atoms in total. The molecule has 2 aromatic rings. The van der Waals surface area contributed by atoms with Gasteiger partial charge in [0.1, 0.15) is 16.5 Å². The maximum absolute atomic E-state index is 13.0. The fraction of sp³-hybridized carbons (Fsp3) is 0.750. The molecule has 28 heavy (non-hydrogen) atoms. The van der Waals surface area contributed by atoms with E-state index in [1.807, 2.05) is 0 Å². The fourth-order valence-corrected chi connectivity index (χ4v) is 6.60. The van der Waals surface area contributed by atoms with E-state index >= 15 is 0 Å². The maximum Gasteiger partial charge on any atom is 0.427 e. The molecule has 0 saturated heterocycles. The number of nitrogens with zero attached hydrogens (tertiary/aromatic N) is 4. The largest absolute Gasteiger partial charge is 0.427 e. The van der Waals surface area contributed by atoms with E-state index in [9.17, 15) is 13.2 Å². The Morgan fingerprint density at radius 3 is 2.25 bits per heavy atom. The van der Waals surface area contributed by atoms with Crippen LogP contribution in [0.3, 0.4) is 0 Å². The van der Waals surface area contributed by atoms with Gasteiger partial charge in [0.15, 0.2) is 0 Å². The molecule has 0 spiro atoms. The van der Waals surface area contributed by atoms with Gasteiger partial charge in [0.05, 0.1) is 11.2 Å². The second-order valence-corrected chi connectivity index (χ2v) is 9.87. The molecule has 1 aliphatic heterocycles. The molecular weight excluding hydrogens is 385 g/mol. The molecule has 6 rings (SSSR count). The van der Waals surface area contributed by atoms with Gasteiger partial charge in [-0.25, -0.2) is 4.98 Å². The second-order valence-electron chi connectivity index (χ2n) is 8.84. The summed E-state index contributed by atoms with van der Waals surface area (Å²) in [4.78, 5) is 3.65. The van der Waals surface area contributed by atoms with Crippen LogP contribution in [0.4, 0.5) is 13.2 Å². The van der Waals surface area contributed by atoms with Crippen LogP contribution >= 0.6 is 11.3 Å². The summed E-state index contributed by atoms with van der Waals surface area (Å²) in [5.74, 6) is 2.27. The van der Waals surface area contributed by atoms with E-state index in [2.05, 4.69) is 19.7 Å². The minimum atomic E-state index is -4.29. The van der Waals surface area contributed by atoms with Gasteiger partial charge in [-0.05, 0) is 51.4 Å². The smallest absolute Gasteiger partial charge is 0.315 e. The summed E-state index contributed by atoms with van der Waals surface area (Å²) < 4.78 is 41.5. The van der Waals surface area contributed by atoms with E-state index in [1.165, 1.54) is 25.7 Å². The fourth-order valence-electron chi connectivity index (χ4n) is 5.55. The summed E-state index contributed by atoms with van der Waals surface area (Å²) in [5, 5.41) is 9.87. The van der Waals surface area contributed by atoms with Crippen LogP contribution < -0.4 is 0 Å². The maximum atomic E-state index is 13.0. The van der Waals surface area contributed by atoms with Crippen molar-refractivity contribution in [3.63, 3.8) is 0 Å². The van der Waals surface area contributed by atoms with Gasteiger partial charge in [-0.2, -0.15) is 13.2 Å². The summed E-state index contributed by atoms with van der Waals surface area (Å²) in [7, 11) is 0. The molecule has 3 aliphatic carbocycles. The summed E-state index contributed by atoms with van der Waals surface area (Å²) >= 11 is 0.849. The molecule has 8 heteroatoms. The first-order valence-electron chi connectivity index (χ1n) is 10.4. The number of aryl methyl sites for hydroxylation is 1. The standard InChI is InChI=1S/C20H25F3N4S/c21-20(22,23)14-13-24-17(28-14)19-9-6-18(7-10-19,8-11-19)16-26-25-15-5-3-1-2-4-12-27(15)16/h13H,1-12H2. The number of fused-ring (bicyclic) bond motifs is 4. The SMILES string of the molecule is FC(F)(F)c1cnc(C23CCC(c4nnc5n4CCCCCC5)(CC2)CC3)s1. The molecule has 2 bridgehead atoms. The number of thiazole rings is 1. The third-order valence-electron chi connectivity index (χ3n) is 7.32. The highest BCUT2D eigenvalue weighted by atomic mass is 32.1. The predicted molar refractivity (Wildman–Crippen MR) is 100 cm³/mol. The Labute approximate surface area is 166 Å². The van der Waals surface area contributed by atoms with Crippen molar-refractivity contribution in [1.29, 1.82) is 0 Å². The van der Waals surface area contributed by atoms with Gasteiger partial charge in [-0.1, -0.05) is 12.8 Å². The van der Waals surface area contributed by atoms with Crippen molar-refractivity contribution in [2.75, 3.05) is 0 Å². The van der Waals surface area contributed by atoms with Gasteiger partial charge < -0.3 is 4.57 Å². The first kappa shape index (κ1) is 18.6. The average Bonchev–Trinajstić information content (AvgIpc) is 3.31. The van der Waals surface area contributed by atoms with E-state index in [4.69, 9.17) is 0 Å².